The molecular weight excluding hydrogens is 256 g/mol. The van der Waals surface area contributed by atoms with Gasteiger partial charge in [0, 0.05) is 12.1 Å². The summed E-state index contributed by atoms with van der Waals surface area (Å²) >= 11 is 1.70. The minimum atomic E-state index is 0.199. The average molecular weight is 284 g/mol. The van der Waals surface area contributed by atoms with Gasteiger partial charge in [0.2, 0.25) is 5.91 Å². The van der Waals surface area contributed by atoms with Gasteiger partial charge < -0.3 is 11.1 Å². The maximum absolute atomic E-state index is 11.9. The molecule has 2 fully saturated rings. The van der Waals surface area contributed by atoms with Gasteiger partial charge >= 0.3 is 0 Å². The molecule has 2 bridgehead atoms. The van der Waals surface area contributed by atoms with E-state index in [1.807, 2.05) is 6.92 Å². The predicted octanol–water partition coefficient (Wildman–Crippen LogP) is 2.40. The summed E-state index contributed by atoms with van der Waals surface area (Å²) in [5.41, 5.74) is 5.69. The summed E-state index contributed by atoms with van der Waals surface area (Å²) in [5, 5.41) is 3.20. The number of hydrogen-bond donors (Lipinski definition) is 2. The highest BCUT2D eigenvalue weighted by atomic mass is 32.2. The Morgan fingerprint density at radius 1 is 1.37 bits per heavy atom. The molecule has 5 unspecified atom stereocenters. The first-order chi connectivity index (χ1) is 9.06. The SMILES string of the molecule is CC(N)CCSCC(=O)NC(C)C1CC2CCC1C2. The molecule has 0 aromatic carbocycles. The quantitative estimate of drug-likeness (QED) is 0.706. The van der Waals surface area contributed by atoms with Crippen molar-refractivity contribution in [1.82, 2.24) is 5.32 Å². The summed E-state index contributed by atoms with van der Waals surface area (Å²) in [7, 11) is 0. The van der Waals surface area contributed by atoms with Gasteiger partial charge in [0.15, 0.2) is 0 Å². The molecule has 4 heteroatoms. The van der Waals surface area contributed by atoms with Crippen molar-refractivity contribution in [3.8, 4) is 0 Å². The van der Waals surface area contributed by atoms with Gasteiger partial charge in [0.25, 0.3) is 0 Å². The van der Waals surface area contributed by atoms with Gasteiger partial charge in [-0.15, -0.1) is 0 Å². The zero-order valence-corrected chi connectivity index (χ0v) is 13.0. The van der Waals surface area contributed by atoms with Crippen molar-refractivity contribution in [2.24, 2.45) is 23.5 Å². The molecule has 0 aliphatic heterocycles. The molecule has 3 N–H and O–H groups in total. The predicted molar refractivity (Wildman–Crippen MR) is 82.1 cm³/mol. The van der Waals surface area contributed by atoms with E-state index in [9.17, 15) is 4.79 Å². The first-order valence-electron chi connectivity index (χ1n) is 7.69. The highest BCUT2D eigenvalue weighted by molar-refractivity contribution is 7.99. The Kier molecular flexibility index (Phi) is 5.58. The van der Waals surface area contributed by atoms with Crippen molar-refractivity contribution in [3.63, 3.8) is 0 Å². The maximum atomic E-state index is 11.9. The van der Waals surface area contributed by atoms with Crippen molar-refractivity contribution >= 4 is 17.7 Å². The largest absolute Gasteiger partial charge is 0.353 e. The third-order valence-corrected chi connectivity index (χ3v) is 5.77. The Labute approximate surface area is 121 Å². The lowest BCUT2D eigenvalue weighted by Crippen LogP contribution is -2.41. The Bertz CT molecular complexity index is 309. The normalized spacial score (nSPS) is 32.3. The number of rotatable bonds is 7. The van der Waals surface area contributed by atoms with Crippen molar-refractivity contribution in [3.05, 3.63) is 0 Å². The van der Waals surface area contributed by atoms with E-state index in [1.165, 1.54) is 25.7 Å². The number of hydrogen-bond acceptors (Lipinski definition) is 3. The highest BCUT2D eigenvalue weighted by Gasteiger charge is 2.41. The van der Waals surface area contributed by atoms with Crippen LogP contribution in [0.3, 0.4) is 0 Å². The van der Waals surface area contributed by atoms with Gasteiger partial charge in [0.1, 0.15) is 0 Å². The van der Waals surface area contributed by atoms with Crippen LogP contribution in [0.5, 0.6) is 0 Å². The van der Waals surface area contributed by atoms with Crippen LogP contribution in [-0.2, 0) is 4.79 Å². The van der Waals surface area contributed by atoms with Crippen molar-refractivity contribution in [1.29, 1.82) is 0 Å². The van der Waals surface area contributed by atoms with Crippen LogP contribution in [-0.4, -0.2) is 29.5 Å². The molecule has 0 saturated heterocycles. The molecule has 0 aromatic rings. The number of carbonyl (C=O) groups excluding carboxylic acids is 1. The summed E-state index contributed by atoms with van der Waals surface area (Å²) in [6.07, 6.45) is 6.55. The minimum Gasteiger partial charge on any atom is -0.353 e. The summed E-state index contributed by atoms with van der Waals surface area (Å²) in [6.45, 7) is 4.20. The van der Waals surface area contributed by atoms with E-state index < -0.39 is 0 Å². The fourth-order valence-corrected chi connectivity index (χ4v) is 4.69. The van der Waals surface area contributed by atoms with E-state index in [1.54, 1.807) is 11.8 Å². The third kappa shape index (κ3) is 4.38. The maximum Gasteiger partial charge on any atom is 0.230 e. The molecule has 0 aromatic heterocycles. The second-order valence-electron chi connectivity index (χ2n) is 6.51. The number of thioether (sulfide) groups is 1. The van der Waals surface area contributed by atoms with Crippen LogP contribution in [0.4, 0.5) is 0 Å². The molecule has 2 aliphatic rings. The summed E-state index contributed by atoms with van der Waals surface area (Å²) in [5.74, 6) is 4.33. The van der Waals surface area contributed by atoms with Gasteiger partial charge in [-0.2, -0.15) is 11.8 Å². The second-order valence-corrected chi connectivity index (χ2v) is 7.62. The molecular formula is C15H28N2OS. The van der Waals surface area contributed by atoms with Crippen LogP contribution in [0.15, 0.2) is 0 Å². The van der Waals surface area contributed by atoms with E-state index in [0.29, 0.717) is 11.8 Å². The molecule has 0 heterocycles. The Morgan fingerprint density at radius 2 is 2.16 bits per heavy atom. The lowest BCUT2D eigenvalue weighted by atomic mass is 9.84. The van der Waals surface area contributed by atoms with Gasteiger partial charge in [-0.05, 0) is 63.0 Å². The van der Waals surface area contributed by atoms with Crippen LogP contribution >= 0.6 is 11.8 Å². The van der Waals surface area contributed by atoms with E-state index in [0.717, 1.165) is 29.9 Å². The van der Waals surface area contributed by atoms with Crippen LogP contribution < -0.4 is 11.1 Å². The molecule has 19 heavy (non-hydrogen) atoms. The number of fused-ring (bicyclic) bond motifs is 2. The Morgan fingerprint density at radius 3 is 2.74 bits per heavy atom. The van der Waals surface area contributed by atoms with Crippen LogP contribution in [0.25, 0.3) is 0 Å². The minimum absolute atomic E-state index is 0.199. The van der Waals surface area contributed by atoms with Gasteiger partial charge in [-0.3, -0.25) is 4.79 Å². The first kappa shape index (κ1) is 15.2. The molecule has 5 atom stereocenters. The van der Waals surface area contributed by atoms with E-state index in [4.69, 9.17) is 5.73 Å². The highest BCUT2D eigenvalue weighted by Crippen LogP contribution is 2.49. The van der Waals surface area contributed by atoms with Crippen molar-refractivity contribution in [2.45, 2.75) is 58.0 Å². The smallest absolute Gasteiger partial charge is 0.230 e. The van der Waals surface area contributed by atoms with Crippen LogP contribution in [0.2, 0.25) is 0 Å². The van der Waals surface area contributed by atoms with Gasteiger partial charge in [-0.25, -0.2) is 0 Å². The van der Waals surface area contributed by atoms with Gasteiger partial charge in [0.05, 0.1) is 5.75 Å². The number of amides is 1. The molecule has 2 aliphatic carbocycles. The number of carbonyl (C=O) groups is 1. The molecule has 1 amide bonds. The van der Waals surface area contributed by atoms with Crippen molar-refractivity contribution in [2.75, 3.05) is 11.5 Å². The Balaban J connectivity index is 1.62. The van der Waals surface area contributed by atoms with E-state index >= 15 is 0 Å². The topological polar surface area (TPSA) is 55.1 Å². The average Bonchev–Trinajstić information content (AvgIpc) is 2.96. The van der Waals surface area contributed by atoms with Crippen LogP contribution in [0, 0.1) is 17.8 Å². The summed E-state index contributed by atoms with van der Waals surface area (Å²) < 4.78 is 0. The lowest BCUT2D eigenvalue weighted by molar-refractivity contribution is -0.119. The summed E-state index contributed by atoms with van der Waals surface area (Å²) in [6, 6.07) is 0.598. The van der Waals surface area contributed by atoms with Crippen LogP contribution in [0.1, 0.15) is 46.0 Å². The molecule has 2 rings (SSSR count). The van der Waals surface area contributed by atoms with Crippen molar-refractivity contribution < 1.29 is 4.79 Å². The standard InChI is InChI=1S/C15H28N2OS/c1-10(16)5-6-19-9-15(18)17-11(2)14-8-12-3-4-13(14)7-12/h10-14H,3-9,16H2,1-2H3,(H,17,18). The first-order valence-corrected chi connectivity index (χ1v) is 8.84. The fourth-order valence-electron chi connectivity index (χ4n) is 3.74. The molecule has 0 radical (unpaired) electrons. The third-order valence-electron chi connectivity index (χ3n) is 4.77. The lowest BCUT2D eigenvalue weighted by Gasteiger charge is -2.28. The fraction of sp³-hybridized carbons (Fsp3) is 0.933. The molecule has 0 spiro atoms. The zero-order chi connectivity index (χ0) is 13.8. The molecule has 110 valence electrons. The monoisotopic (exact) mass is 284 g/mol. The summed E-state index contributed by atoms with van der Waals surface area (Å²) in [4.78, 5) is 11.9. The molecule has 2 saturated carbocycles. The Hall–Kier alpha value is -0.220. The van der Waals surface area contributed by atoms with E-state index in [2.05, 4.69) is 12.2 Å². The van der Waals surface area contributed by atoms with Gasteiger partial charge in [-0.1, -0.05) is 6.42 Å². The number of nitrogens with one attached hydrogen (secondary N) is 1. The zero-order valence-electron chi connectivity index (χ0n) is 12.2. The van der Waals surface area contributed by atoms with E-state index in [-0.39, 0.29) is 11.9 Å². The number of nitrogens with two attached hydrogens (primary N) is 1. The second kappa shape index (κ2) is 6.98. The molecule has 3 nitrogen and oxygen atoms in total.